The lowest BCUT2D eigenvalue weighted by Crippen LogP contribution is -2.03. The summed E-state index contributed by atoms with van der Waals surface area (Å²) >= 11 is 0. The van der Waals surface area contributed by atoms with Crippen molar-refractivity contribution in [3.63, 3.8) is 0 Å². The molecule has 0 radical (unpaired) electrons. The second kappa shape index (κ2) is 6.43. The molecule has 4 heteroatoms. The number of carbonyl (C=O) groups excluding carboxylic acids is 1. The van der Waals surface area contributed by atoms with E-state index in [0.29, 0.717) is 11.5 Å². The summed E-state index contributed by atoms with van der Waals surface area (Å²) in [6.45, 7) is 0. The van der Waals surface area contributed by atoms with Crippen LogP contribution in [0.1, 0.15) is 5.56 Å². The number of hydrogen-bond acceptors (Lipinski definition) is 4. The van der Waals surface area contributed by atoms with Gasteiger partial charge >= 0.3 is 5.97 Å². The smallest absolute Gasteiger partial charge is 0.336 e. The maximum Gasteiger partial charge on any atom is 0.336 e. The van der Waals surface area contributed by atoms with Gasteiger partial charge in [0.15, 0.2) is 0 Å². The summed E-state index contributed by atoms with van der Waals surface area (Å²) in [7, 11) is 1.57. The maximum absolute atomic E-state index is 11.6. The molecule has 1 N–H and O–H groups in total. The first-order chi connectivity index (χ1) is 9.67. The molecule has 0 aliphatic heterocycles. The Morgan fingerprint density at radius 1 is 1.00 bits per heavy atom. The lowest BCUT2D eigenvalue weighted by atomic mass is 10.2. The van der Waals surface area contributed by atoms with Crippen molar-refractivity contribution in [1.82, 2.24) is 0 Å². The number of phenols is 1. The Labute approximate surface area is 116 Å². The SMILES string of the molecule is COc1ccc(OC(=O)/C=C/c2ccc(O)cc2)cc1. The fraction of sp³-hybridized carbons (Fsp3) is 0.0625. The fourth-order valence-corrected chi connectivity index (χ4v) is 1.54. The van der Waals surface area contributed by atoms with Crippen LogP contribution in [-0.4, -0.2) is 18.2 Å². The van der Waals surface area contributed by atoms with Gasteiger partial charge < -0.3 is 14.6 Å². The van der Waals surface area contributed by atoms with Crippen molar-refractivity contribution in [1.29, 1.82) is 0 Å². The molecule has 0 fully saturated rings. The second-order valence-corrected chi connectivity index (χ2v) is 4.02. The van der Waals surface area contributed by atoms with Crippen molar-refractivity contribution < 1.29 is 19.4 Å². The summed E-state index contributed by atoms with van der Waals surface area (Å²) in [6.07, 6.45) is 2.95. The number of ether oxygens (including phenoxy) is 2. The summed E-state index contributed by atoms with van der Waals surface area (Å²) in [6, 6.07) is 13.2. The zero-order chi connectivity index (χ0) is 14.4. The minimum absolute atomic E-state index is 0.183. The Bertz CT molecular complexity index is 597. The van der Waals surface area contributed by atoms with E-state index in [4.69, 9.17) is 14.6 Å². The van der Waals surface area contributed by atoms with Crippen LogP contribution < -0.4 is 9.47 Å². The van der Waals surface area contributed by atoms with Gasteiger partial charge in [0, 0.05) is 6.08 Å². The number of hydrogen-bond donors (Lipinski definition) is 1. The van der Waals surface area contributed by atoms with E-state index in [9.17, 15) is 4.79 Å². The molecule has 0 amide bonds. The maximum atomic E-state index is 11.6. The molecule has 0 heterocycles. The zero-order valence-electron chi connectivity index (χ0n) is 10.9. The van der Waals surface area contributed by atoms with Crippen molar-refractivity contribution in [2.45, 2.75) is 0 Å². The largest absolute Gasteiger partial charge is 0.508 e. The van der Waals surface area contributed by atoms with Crippen LogP contribution in [-0.2, 0) is 4.79 Å². The van der Waals surface area contributed by atoms with E-state index in [1.54, 1.807) is 61.7 Å². The number of methoxy groups -OCH3 is 1. The molecule has 2 rings (SSSR count). The molecule has 102 valence electrons. The van der Waals surface area contributed by atoms with Gasteiger partial charge in [-0.05, 0) is 48.0 Å². The summed E-state index contributed by atoms with van der Waals surface area (Å²) < 4.78 is 10.1. The first kappa shape index (κ1) is 13.7. The minimum Gasteiger partial charge on any atom is -0.508 e. The molecule has 0 saturated heterocycles. The molecular formula is C16H14O4. The van der Waals surface area contributed by atoms with Crippen LogP contribution in [0.2, 0.25) is 0 Å². The van der Waals surface area contributed by atoms with Gasteiger partial charge in [-0.3, -0.25) is 0 Å². The highest BCUT2D eigenvalue weighted by Crippen LogP contribution is 2.17. The summed E-state index contributed by atoms with van der Waals surface area (Å²) in [5, 5.41) is 9.15. The van der Waals surface area contributed by atoms with Gasteiger partial charge in [0.25, 0.3) is 0 Å². The molecule has 20 heavy (non-hydrogen) atoms. The molecule has 2 aromatic carbocycles. The molecule has 0 saturated carbocycles. The lowest BCUT2D eigenvalue weighted by molar-refractivity contribution is -0.128. The van der Waals surface area contributed by atoms with Crippen molar-refractivity contribution >= 4 is 12.0 Å². The van der Waals surface area contributed by atoms with Crippen LogP contribution >= 0.6 is 0 Å². The predicted molar refractivity (Wildman–Crippen MR) is 75.8 cm³/mol. The first-order valence-electron chi connectivity index (χ1n) is 6.00. The van der Waals surface area contributed by atoms with E-state index >= 15 is 0 Å². The highest BCUT2D eigenvalue weighted by molar-refractivity contribution is 5.88. The van der Waals surface area contributed by atoms with Crippen molar-refractivity contribution in [2.24, 2.45) is 0 Å². The standard InChI is InChI=1S/C16H14O4/c1-19-14-7-9-15(10-8-14)20-16(18)11-4-12-2-5-13(17)6-3-12/h2-11,17H,1H3/b11-4+. The fourth-order valence-electron chi connectivity index (χ4n) is 1.54. The summed E-state index contributed by atoms with van der Waals surface area (Å²) in [5.41, 5.74) is 0.800. The molecule has 0 bridgehead atoms. The van der Waals surface area contributed by atoms with Gasteiger partial charge in [0.05, 0.1) is 7.11 Å². The monoisotopic (exact) mass is 270 g/mol. The quantitative estimate of drug-likeness (QED) is 0.527. The van der Waals surface area contributed by atoms with Crippen molar-refractivity contribution in [2.75, 3.05) is 7.11 Å². The van der Waals surface area contributed by atoms with E-state index in [1.165, 1.54) is 6.08 Å². The lowest BCUT2D eigenvalue weighted by Gasteiger charge is -2.02. The number of aromatic hydroxyl groups is 1. The number of esters is 1. The number of carbonyl (C=O) groups is 1. The van der Waals surface area contributed by atoms with Crippen LogP contribution in [0.3, 0.4) is 0 Å². The Morgan fingerprint density at radius 3 is 2.20 bits per heavy atom. The average Bonchev–Trinajstić information content (AvgIpc) is 2.47. The molecule has 0 spiro atoms. The van der Waals surface area contributed by atoms with Crippen LogP contribution in [0.5, 0.6) is 17.2 Å². The Balaban J connectivity index is 1.96. The molecule has 0 atom stereocenters. The summed E-state index contributed by atoms with van der Waals surface area (Å²) in [4.78, 5) is 11.6. The van der Waals surface area contributed by atoms with Gasteiger partial charge in [-0.15, -0.1) is 0 Å². The zero-order valence-corrected chi connectivity index (χ0v) is 10.9. The second-order valence-electron chi connectivity index (χ2n) is 4.02. The van der Waals surface area contributed by atoms with E-state index < -0.39 is 5.97 Å². The van der Waals surface area contributed by atoms with Crippen molar-refractivity contribution in [3.8, 4) is 17.2 Å². The topological polar surface area (TPSA) is 55.8 Å². The van der Waals surface area contributed by atoms with Gasteiger partial charge in [0.2, 0.25) is 0 Å². The highest BCUT2D eigenvalue weighted by Gasteiger charge is 2.00. The van der Waals surface area contributed by atoms with Gasteiger partial charge in [0.1, 0.15) is 17.2 Å². The normalized spacial score (nSPS) is 10.4. The van der Waals surface area contributed by atoms with E-state index in [2.05, 4.69) is 0 Å². The van der Waals surface area contributed by atoms with Gasteiger partial charge in [-0.2, -0.15) is 0 Å². The van der Waals surface area contributed by atoms with Crippen LogP contribution in [0.15, 0.2) is 54.6 Å². The molecule has 0 aliphatic carbocycles. The molecule has 2 aromatic rings. The third kappa shape index (κ3) is 3.88. The summed E-state index contributed by atoms with van der Waals surface area (Å²) in [5.74, 6) is 0.863. The van der Waals surface area contributed by atoms with Crippen LogP contribution in [0, 0.1) is 0 Å². The average molecular weight is 270 g/mol. The number of benzene rings is 2. The number of phenolic OH excluding ortho intramolecular Hbond substituents is 1. The minimum atomic E-state index is -0.469. The Hall–Kier alpha value is -2.75. The van der Waals surface area contributed by atoms with Gasteiger partial charge in [-0.1, -0.05) is 12.1 Å². The van der Waals surface area contributed by atoms with Gasteiger partial charge in [-0.25, -0.2) is 4.79 Å². The van der Waals surface area contributed by atoms with E-state index in [0.717, 1.165) is 5.56 Å². The Kier molecular flexibility index (Phi) is 4.39. The highest BCUT2D eigenvalue weighted by atomic mass is 16.5. The molecule has 0 unspecified atom stereocenters. The molecule has 0 aliphatic rings. The van der Waals surface area contributed by atoms with E-state index in [1.807, 2.05) is 0 Å². The van der Waals surface area contributed by atoms with Crippen molar-refractivity contribution in [3.05, 3.63) is 60.2 Å². The molecular weight excluding hydrogens is 256 g/mol. The third-order valence-electron chi connectivity index (χ3n) is 2.58. The van der Waals surface area contributed by atoms with Crippen LogP contribution in [0.4, 0.5) is 0 Å². The van der Waals surface area contributed by atoms with Crippen LogP contribution in [0.25, 0.3) is 6.08 Å². The predicted octanol–water partition coefficient (Wildman–Crippen LogP) is 3.02. The first-order valence-corrected chi connectivity index (χ1v) is 6.00. The number of rotatable bonds is 4. The molecule has 4 nitrogen and oxygen atoms in total. The third-order valence-corrected chi connectivity index (χ3v) is 2.58. The van der Waals surface area contributed by atoms with E-state index in [-0.39, 0.29) is 5.75 Å². The molecule has 0 aromatic heterocycles. The Morgan fingerprint density at radius 2 is 1.60 bits per heavy atom.